The Kier molecular flexibility index (Phi) is 5.14. The summed E-state index contributed by atoms with van der Waals surface area (Å²) in [6.07, 6.45) is 0. The maximum absolute atomic E-state index is 12.8. The van der Waals surface area contributed by atoms with Crippen LogP contribution in [0.2, 0.25) is 0 Å². The lowest BCUT2D eigenvalue weighted by atomic mass is 9.91. The predicted octanol–water partition coefficient (Wildman–Crippen LogP) is 2.38. The van der Waals surface area contributed by atoms with Crippen LogP contribution < -0.4 is 5.32 Å². The fourth-order valence-corrected chi connectivity index (χ4v) is 2.99. The molecule has 0 unspecified atom stereocenters. The van der Waals surface area contributed by atoms with E-state index in [-0.39, 0.29) is 6.61 Å². The van der Waals surface area contributed by atoms with Crippen LogP contribution in [0.15, 0.2) is 48.5 Å². The minimum atomic E-state index is -1.23. The summed E-state index contributed by atoms with van der Waals surface area (Å²) in [7, 11) is 0. The third-order valence-electron chi connectivity index (χ3n) is 4.65. The van der Waals surface area contributed by atoms with Crippen LogP contribution in [0, 0.1) is 18.3 Å². The van der Waals surface area contributed by atoms with Crippen LogP contribution in [-0.4, -0.2) is 29.4 Å². The molecule has 1 saturated heterocycles. The van der Waals surface area contributed by atoms with Crippen LogP contribution in [-0.2, 0) is 26.5 Å². The summed E-state index contributed by atoms with van der Waals surface area (Å²) < 4.78 is 5.15. The highest BCUT2D eigenvalue weighted by atomic mass is 16.5. The molecule has 1 aliphatic heterocycles. The number of urea groups is 1. The second kappa shape index (κ2) is 7.53. The van der Waals surface area contributed by atoms with Gasteiger partial charge in [0.15, 0.2) is 0 Å². The smallest absolute Gasteiger partial charge is 0.326 e. The quantitative estimate of drug-likeness (QED) is 0.637. The van der Waals surface area contributed by atoms with Gasteiger partial charge >= 0.3 is 12.0 Å². The summed E-state index contributed by atoms with van der Waals surface area (Å²) in [5.74, 6) is -1.22. The third-order valence-corrected chi connectivity index (χ3v) is 4.65. The van der Waals surface area contributed by atoms with Gasteiger partial charge in [-0.05, 0) is 37.1 Å². The first-order valence-electron chi connectivity index (χ1n) is 8.69. The number of imide groups is 1. The van der Waals surface area contributed by atoms with Crippen molar-refractivity contribution in [3.8, 4) is 6.07 Å². The number of hydrogen-bond donors (Lipinski definition) is 1. The van der Waals surface area contributed by atoms with E-state index in [1.165, 1.54) is 0 Å². The third kappa shape index (κ3) is 3.71. The molecule has 0 radical (unpaired) electrons. The number of ether oxygens (including phenoxy) is 1. The van der Waals surface area contributed by atoms with E-state index in [1.807, 2.05) is 25.1 Å². The lowest BCUT2D eigenvalue weighted by molar-refractivity contribution is -0.148. The van der Waals surface area contributed by atoms with Gasteiger partial charge in [0.2, 0.25) is 0 Å². The number of nitriles is 1. The molecule has 0 bridgehead atoms. The van der Waals surface area contributed by atoms with Gasteiger partial charge in [0.1, 0.15) is 18.7 Å². The lowest BCUT2D eigenvalue weighted by Crippen LogP contribution is -2.41. The maximum atomic E-state index is 12.8. The molecule has 1 N–H and O–H groups in total. The fraction of sp³-hybridized carbons (Fsp3) is 0.238. The number of amides is 3. The molecule has 1 heterocycles. The van der Waals surface area contributed by atoms with Crippen molar-refractivity contribution in [2.24, 2.45) is 0 Å². The first-order chi connectivity index (χ1) is 13.3. The molecular weight excluding hydrogens is 358 g/mol. The van der Waals surface area contributed by atoms with Gasteiger partial charge in [-0.1, -0.05) is 42.0 Å². The van der Waals surface area contributed by atoms with E-state index in [9.17, 15) is 14.4 Å². The Morgan fingerprint density at radius 1 is 1.21 bits per heavy atom. The number of aryl methyl sites for hydroxylation is 1. The Balaban J connectivity index is 1.66. The van der Waals surface area contributed by atoms with Crippen LogP contribution in [0.3, 0.4) is 0 Å². The predicted molar refractivity (Wildman–Crippen MR) is 99.7 cm³/mol. The molecule has 7 heteroatoms. The topological polar surface area (TPSA) is 99.5 Å². The molecule has 1 fully saturated rings. The van der Waals surface area contributed by atoms with Crippen molar-refractivity contribution in [2.75, 3.05) is 6.54 Å². The highest BCUT2D eigenvalue weighted by molar-refractivity contribution is 6.08. The van der Waals surface area contributed by atoms with Crippen molar-refractivity contribution in [3.63, 3.8) is 0 Å². The molecule has 0 spiro atoms. The monoisotopic (exact) mass is 377 g/mol. The highest BCUT2D eigenvalue weighted by Crippen LogP contribution is 2.28. The molecule has 3 amide bonds. The van der Waals surface area contributed by atoms with Crippen molar-refractivity contribution < 1.29 is 19.1 Å². The largest absolute Gasteiger partial charge is 0.459 e. The van der Waals surface area contributed by atoms with Gasteiger partial charge in [-0.25, -0.2) is 4.79 Å². The van der Waals surface area contributed by atoms with E-state index in [4.69, 9.17) is 10.00 Å². The number of nitrogens with zero attached hydrogens (tertiary/aromatic N) is 2. The van der Waals surface area contributed by atoms with Crippen molar-refractivity contribution >= 4 is 17.9 Å². The molecule has 1 atom stereocenters. The Bertz CT molecular complexity index is 978. The van der Waals surface area contributed by atoms with E-state index in [1.54, 1.807) is 43.3 Å². The van der Waals surface area contributed by atoms with E-state index in [0.717, 1.165) is 10.5 Å². The first-order valence-corrected chi connectivity index (χ1v) is 8.69. The molecule has 3 rings (SSSR count). The van der Waals surface area contributed by atoms with Gasteiger partial charge in [0.25, 0.3) is 5.91 Å². The van der Waals surface area contributed by atoms with E-state index in [0.29, 0.717) is 16.7 Å². The van der Waals surface area contributed by atoms with Gasteiger partial charge in [0, 0.05) is 0 Å². The summed E-state index contributed by atoms with van der Waals surface area (Å²) >= 11 is 0. The zero-order chi connectivity index (χ0) is 20.3. The molecule has 2 aromatic carbocycles. The normalized spacial score (nSPS) is 18.5. The average Bonchev–Trinajstić information content (AvgIpc) is 2.91. The van der Waals surface area contributed by atoms with Crippen molar-refractivity contribution in [3.05, 3.63) is 70.8 Å². The zero-order valence-corrected chi connectivity index (χ0v) is 15.6. The summed E-state index contributed by atoms with van der Waals surface area (Å²) in [6, 6.07) is 15.3. The number of rotatable bonds is 5. The van der Waals surface area contributed by atoms with E-state index >= 15 is 0 Å². The molecule has 142 valence electrons. The second-order valence-corrected chi connectivity index (χ2v) is 6.79. The number of carbonyl (C=O) groups excluding carboxylic acids is 3. The minimum absolute atomic E-state index is 0.0484. The molecule has 28 heavy (non-hydrogen) atoms. The number of benzene rings is 2. The molecule has 0 aromatic heterocycles. The molecule has 0 saturated carbocycles. The van der Waals surface area contributed by atoms with Gasteiger partial charge in [0.05, 0.1) is 11.6 Å². The van der Waals surface area contributed by atoms with Crippen LogP contribution in [0.25, 0.3) is 0 Å². The van der Waals surface area contributed by atoms with Crippen molar-refractivity contribution in [2.45, 2.75) is 26.0 Å². The second-order valence-electron chi connectivity index (χ2n) is 6.79. The van der Waals surface area contributed by atoms with Gasteiger partial charge in [-0.3, -0.25) is 14.5 Å². The number of hydrogen-bond acceptors (Lipinski definition) is 5. The standard InChI is InChI=1S/C21H19N3O4/c1-14-6-8-17(9-7-14)21(2)19(26)24(20(27)23-21)12-18(25)28-13-16-5-3-4-15(10-16)11-22/h3-10H,12-13H2,1-2H3,(H,23,27)/t21-/m1/s1. The Hall–Kier alpha value is -3.66. The number of nitrogens with one attached hydrogen (secondary N) is 1. The minimum Gasteiger partial charge on any atom is -0.459 e. The van der Waals surface area contributed by atoms with Crippen LogP contribution in [0.4, 0.5) is 4.79 Å². The molecular formula is C21H19N3O4. The van der Waals surface area contributed by atoms with E-state index in [2.05, 4.69) is 5.32 Å². The van der Waals surface area contributed by atoms with Crippen LogP contribution >= 0.6 is 0 Å². The van der Waals surface area contributed by atoms with Crippen molar-refractivity contribution in [1.29, 1.82) is 5.26 Å². The molecule has 7 nitrogen and oxygen atoms in total. The van der Waals surface area contributed by atoms with Gasteiger partial charge in [-0.15, -0.1) is 0 Å². The van der Waals surface area contributed by atoms with Crippen LogP contribution in [0.1, 0.15) is 29.2 Å². The molecule has 2 aromatic rings. The van der Waals surface area contributed by atoms with Gasteiger partial charge < -0.3 is 10.1 Å². The molecule has 0 aliphatic carbocycles. The SMILES string of the molecule is Cc1ccc([C@@]2(C)NC(=O)N(CC(=O)OCc3cccc(C#N)c3)C2=O)cc1. The Morgan fingerprint density at radius 3 is 2.61 bits per heavy atom. The van der Waals surface area contributed by atoms with Crippen molar-refractivity contribution in [1.82, 2.24) is 10.2 Å². The summed E-state index contributed by atoms with van der Waals surface area (Å²) in [6.45, 7) is 3.00. The Labute approximate surface area is 162 Å². The number of carbonyl (C=O) groups is 3. The summed E-state index contributed by atoms with van der Waals surface area (Å²) in [4.78, 5) is 38.1. The summed E-state index contributed by atoms with van der Waals surface area (Å²) in [5, 5.41) is 11.6. The van der Waals surface area contributed by atoms with Crippen LogP contribution in [0.5, 0.6) is 0 Å². The lowest BCUT2D eigenvalue weighted by Gasteiger charge is -2.22. The Morgan fingerprint density at radius 2 is 1.93 bits per heavy atom. The number of esters is 1. The average molecular weight is 377 g/mol. The highest BCUT2D eigenvalue weighted by Gasteiger charge is 2.49. The zero-order valence-electron chi connectivity index (χ0n) is 15.6. The first kappa shape index (κ1) is 19.1. The maximum Gasteiger partial charge on any atom is 0.326 e. The fourth-order valence-electron chi connectivity index (χ4n) is 2.99. The van der Waals surface area contributed by atoms with Gasteiger partial charge in [-0.2, -0.15) is 5.26 Å². The summed E-state index contributed by atoms with van der Waals surface area (Å²) in [5.41, 5.74) is 1.54. The van der Waals surface area contributed by atoms with E-state index < -0.39 is 30.0 Å². The molecule has 1 aliphatic rings.